The largest absolute Gasteiger partial charge is 0.396 e. The summed E-state index contributed by atoms with van der Waals surface area (Å²) in [7, 11) is 0. The molecule has 3 N–H and O–H groups in total. The molecule has 0 unspecified atom stereocenters. The summed E-state index contributed by atoms with van der Waals surface area (Å²) < 4.78 is 0. The Bertz CT molecular complexity index is 133. The second kappa shape index (κ2) is 7.21. The Morgan fingerprint density at radius 3 is 2.43 bits per heavy atom. The zero-order valence-electron chi connectivity index (χ0n) is 8.91. The maximum absolute atomic E-state index is 9.32. The molecule has 1 saturated carbocycles. The molecule has 0 aromatic carbocycles. The lowest BCUT2D eigenvalue weighted by molar-refractivity contribution is 0.108. The normalized spacial score (nSPS) is 27.9. The molecule has 0 aliphatic heterocycles. The molecule has 0 atom stereocenters. The molecule has 14 heavy (non-hydrogen) atoms. The number of hydrogen-bond acceptors (Lipinski definition) is 3. The molecule has 0 heterocycles. The number of aliphatic hydroxyl groups is 2. The van der Waals surface area contributed by atoms with Crippen LogP contribution in [-0.2, 0) is 0 Å². The average molecular weight is 201 g/mol. The van der Waals surface area contributed by atoms with E-state index in [1.54, 1.807) is 0 Å². The molecule has 0 spiro atoms. The molecular formula is C11H23NO2. The lowest BCUT2D eigenvalue weighted by Gasteiger charge is -2.25. The monoisotopic (exact) mass is 201 g/mol. The molecule has 0 saturated heterocycles. The molecule has 1 rings (SSSR count). The smallest absolute Gasteiger partial charge is 0.0540 e. The molecule has 84 valence electrons. The summed E-state index contributed by atoms with van der Waals surface area (Å²) >= 11 is 0. The molecule has 1 aliphatic carbocycles. The van der Waals surface area contributed by atoms with Gasteiger partial charge in [0.05, 0.1) is 6.10 Å². The van der Waals surface area contributed by atoms with Gasteiger partial charge in [-0.3, -0.25) is 0 Å². The van der Waals surface area contributed by atoms with Crippen LogP contribution in [0, 0.1) is 5.92 Å². The fourth-order valence-corrected chi connectivity index (χ4v) is 2.02. The van der Waals surface area contributed by atoms with Gasteiger partial charge in [-0.15, -0.1) is 0 Å². The number of aliphatic hydroxyl groups excluding tert-OH is 2. The van der Waals surface area contributed by atoms with Gasteiger partial charge in [-0.05, 0) is 57.5 Å². The van der Waals surface area contributed by atoms with Crippen molar-refractivity contribution in [2.45, 2.75) is 44.6 Å². The molecule has 1 fully saturated rings. The van der Waals surface area contributed by atoms with Gasteiger partial charge < -0.3 is 15.5 Å². The van der Waals surface area contributed by atoms with E-state index in [0.717, 1.165) is 57.5 Å². The second-order valence-corrected chi connectivity index (χ2v) is 4.31. The van der Waals surface area contributed by atoms with E-state index < -0.39 is 0 Å². The van der Waals surface area contributed by atoms with Crippen LogP contribution in [0.25, 0.3) is 0 Å². The van der Waals surface area contributed by atoms with E-state index in [0.29, 0.717) is 6.61 Å². The first-order chi connectivity index (χ1) is 6.83. The van der Waals surface area contributed by atoms with Gasteiger partial charge in [0.2, 0.25) is 0 Å². The van der Waals surface area contributed by atoms with Crippen LogP contribution >= 0.6 is 0 Å². The SMILES string of the molecule is OCCCCNCC1CCC(O)CC1. The van der Waals surface area contributed by atoms with E-state index in [1.807, 2.05) is 0 Å². The summed E-state index contributed by atoms with van der Waals surface area (Å²) in [4.78, 5) is 0. The first kappa shape index (κ1) is 12.0. The lowest BCUT2D eigenvalue weighted by atomic mass is 9.87. The van der Waals surface area contributed by atoms with E-state index in [-0.39, 0.29) is 6.10 Å². The minimum Gasteiger partial charge on any atom is -0.396 e. The van der Waals surface area contributed by atoms with Crippen molar-refractivity contribution in [3.63, 3.8) is 0 Å². The Hall–Kier alpha value is -0.120. The van der Waals surface area contributed by atoms with Crippen molar-refractivity contribution in [1.82, 2.24) is 5.32 Å². The van der Waals surface area contributed by atoms with Gasteiger partial charge in [0, 0.05) is 6.61 Å². The van der Waals surface area contributed by atoms with Crippen molar-refractivity contribution in [2.24, 2.45) is 5.92 Å². The topological polar surface area (TPSA) is 52.5 Å². The minimum absolute atomic E-state index is 0.0411. The first-order valence-corrected chi connectivity index (χ1v) is 5.82. The highest BCUT2D eigenvalue weighted by Gasteiger charge is 2.18. The van der Waals surface area contributed by atoms with Gasteiger partial charge in [0.1, 0.15) is 0 Å². The van der Waals surface area contributed by atoms with Gasteiger partial charge >= 0.3 is 0 Å². The van der Waals surface area contributed by atoms with Gasteiger partial charge in [0.25, 0.3) is 0 Å². The van der Waals surface area contributed by atoms with Crippen LogP contribution in [0.3, 0.4) is 0 Å². The second-order valence-electron chi connectivity index (χ2n) is 4.31. The van der Waals surface area contributed by atoms with Gasteiger partial charge in [-0.25, -0.2) is 0 Å². The summed E-state index contributed by atoms with van der Waals surface area (Å²) in [5, 5.41) is 21.3. The Balaban J connectivity index is 1.91. The standard InChI is InChI=1S/C11H23NO2/c13-8-2-1-7-12-9-10-3-5-11(14)6-4-10/h10-14H,1-9H2. The van der Waals surface area contributed by atoms with Crippen molar-refractivity contribution < 1.29 is 10.2 Å². The summed E-state index contributed by atoms with van der Waals surface area (Å²) in [6.45, 7) is 2.40. The van der Waals surface area contributed by atoms with Crippen LogP contribution in [0.2, 0.25) is 0 Å². The lowest BCUT2D eigenvalue weighted by Crippen LogP contribution is -2.28. The molecule has 3 nitrogen and oxygen atoms in total. The predicted molar refractivity (Wildman–Crippen MR) is 57.2 cm³/mol. The zero-order chi connectivity index (χ0) is 10.2. The summed E-state index contributed by atoms with van der Waals surface area (Å²) in [5.41, 5.74) is 0. The highest BCUT2D eigenvalue weighted by Crippen LogP contribution is 2.23. The third-order valence-electron chi connectivity index (χ3n) is 3.01. The number of rotatable bonds is 6. The van der Waals surface area contributed by atoms with E-state index >= 15 is 0 Å². The Kier molecular flexibility index (Phi) is 6.15. The number of unbranched alkanes of at least 4 members (excludes halogenated alkanes) is 1. The van der Waals surface area contributed by atoms with Gasteiger partial charge in [0.15, 0.2) is 0 Å². The van der Waals surface area contributed by atoms with Crippen LogP contribution < -0.4 is 5.32 Å². The van der Waals surface area contributed by atoms with E-state index in [4.69, 9.17) is 5.11 Å². The quantitative estimate of drug-likeness (QED) is 0.560. The van der Waals surface area contributed by atoms with Crippen LogP contribution in [0.1, 0.15) is 38.5 Å². The van der Waals surface area contributed by atoms with Crippen molar-refractivity contribution in [2.75, 3.05) is 19.7 Å². The van der Waals surface area contributed by atoms with Crippen LogP contribution in [-0.4, -0.2) is 36.0 Å². The zero-order valence-corrected chi connectivity index (χ0v) is 8.91. The fourth-order valence-electron chi connectivity index (χ4n) is 2.02. The van der Waals surface area contributed by atoms with Crippen molar-refractivity contribution in [3.05, 3.63) is 0 Å². The third kappa shape index (κ3) is 4.94. The Morgan fingerprint density at radius 1 is 1.07 bits per heavy atom. The highest BCUT2D eigenvalue weighted by atomic mass is 16.3. The Labute approximate surface area is 86.5 Å². The predicted octanol–water partition coefficient (Wildman–Crippen LogP) is 0.900. The summed E-state index contributed by atoms with van der Waals surface area (Å²) in [5.74, 6) is 0.757. The fraction of sp³-hybridized carbons (Fsp3) is 1.00. The Morgan fingerprint density at radius 2 is 1.79 bits per heavy atom. The van der Waals surface area contributed by atoms with Gasteiger partial charge in [-0.2, -0.15) is 0 Å². The van der Waals surface area contributed by atoms with Crippen molar-refractivity contribution in [1.29, 1.82) is 0 Å². The van der Waals surface area contributed by atoms with Gasteiger partial charge in [-0.1, -0.05) is 0 Å². The van der Waals surface area contributed by atoms with Crippen LogP contribution in [0.5, 0.6) is 0 Å². The molecule has 1 aliphatic rings. The average Bonchev–Trinajstić information content (AvgIpc) is 2.21. The molecular weight excluding hydrogens is 178 g/mol. The summed E-state index contributed by atoms with van der Waals surface area (Å²) in [6.07, 6.45) is 6.19. The van der Waals surface area contributed by atoms with Crippen molar-refractivity contribution >= 4 is 0 Å². The molecule has 0 aromatic rings. The molecule has 0 radical (unpaired) electrons. The highest BCUT2D eigenvalue weighted by molar-refractivity contribution is 4.72. The summed E-state index contributed by atoms with van der Waals surface area (Å²) in [6, 6.07) is 0. The third-order valence-corrected chi connectivity index (χ3v) is 3.01. The maximum atomic E-state index is 9.32. The van der Waals surface area contributed by atoms with E-state index in [2.05, 4.69) is 5.32 Å². The minimum atomic E-state index is -0.0411. The first-order valence-electron chi connectivity index (χ1n) is 5.82. The number of nitrogens with one attached hydrogen (secondary N) is 1. The van der Waals surface area contributed by atoms with Crippen LogP contribution in [0.15, 0.2) is 0 Å². The van der Waals surface area contributed by atoms with E-state index in [9.17, 15) is 5.11 Å². The number of hydrogen-bond donors (Lipinski definition) is 3. The molecule has 3 heteroatoms. The molecule has 0 bridgehead atoms. The van der Waals surface area contributed by atoms with Crippen molar-refractivity contribution in [3.8, 4) is 0 Å². The molecule has 0 amide bonds. The van der Waals surface area contributed by atoms with E-state index in [1.165, 1.54) is 0 Å². The molecule has 0 aromatic heterocycles. The van der Waals surface area contributed by atoms with Crippen LogP contribution in [0.4, 0.5) is 0 Å². The maximum Gasteiger partial charge on any atom is 0.0540 e.